The minimum atomic E-state index is -0.790. The van der Waals surface area contributed by atoms with Crippen LogP contribution in [0.15, 0.2) is 48.8 Å². The zero-order chi connectivity index (χ0) is 26.5. The van der Waals surface area contributed by atoms with Gasteiger partial charge in [-0.3, -0.25) is 10.1 Å². The first-order valence-corrected chi connectivity index (χ1v) is 11.5. The Morgan fingerprint density at radius 1 is 1.11 bits per heavy atom. The number of hydrogen-bond donors (Lipinski definition) is 3. The van der Waals surface area contributed by atoms with Gasteiger partial charge >= 0.3 is 12.0 Å². The van der Waals surface area contributed by atoms with E-state index in [0.717, 1.165) is 6.07 Å². The van der Waals surface area contributed by atoms with Gasteiger partial charge in [0.15, 0.2) is 5.78 Å². The second-order valence-corrected chi connectivity index (χ2v) is 8.28. The monoisotopic (exact) mass is 502 g/mol. The van der Waals surface area contributed by atoms with Crippen molar-refractivity contribution in [3.05, 3.63) is 76.9 Å². The summed E-state index contributed by atoms with van der Waals surface area (Å²) in [5.41, 5.74) is 0.614. The number of ketones is 1. The molecular weight excluding hydrogens is 479 g/mol. The van der Waals surface area contributed by atoms with Crippen molar-refractivity contribution in [2.75, 3.05) is 17.7 Å². The topological polar surface area (TPSA) is 146 Å². The number of carbonyl (C=O) groups excluding carboxylic acids is 3. The summed E-state index contributed by atoms with van der Waals surface area (Å²) in [5, 5.41) is 17.0. The van der Waals surface area contributed by atoms with Gasteiger partial charge in [0.25, 0.3) is 0 Å². The van der Waals surface area contributed by atoms with Crippen LogP contribution >= 0.6 is 0 Å². The van der Waals surface area contributed by atoms with E-state index in [1.807, 2.05) is 6.07 Å². The number of amides is 2. The summed E-state index contributed by atoms with van der Waals surface area (Å²) in [5.74, 6) is -1.64. The highest BCUT2D eigenvalue weighted by molar-refractivity contribution is 6.01. The minimum Gasteiger partial charge on any atom is -0.422 e. The van der Waals surface area contributed by atoms with Gasteiger partial charge in [-0.1, -0.05) is 6.92 Å². The number of anilines is 2. The highest BCUT2D eigenvalue weighted by Gasteiger charge is 2.44. The van der Waals surface area contributed by atoms with Gasteiger partial charge in [-0.15, -0.1) is 0 Å². The molecule has 11 heteroatoms. The van der Waals surface area contributed by atoms with E-state index in [1.54, 1.807) is 20.0 Å². The lowest BCUT2D eigenvalue weighted by Gasteiger charge is -2.15. The molecule has 0 radical (unpaired) electrons. The van der Waals surface area contributed by atoms with E-state index in [0.29, 0.717) is 17.8 Å². The molecule has 188 valence electrons. The van der Waals surface area contributed by atoms with E-state index in [2.05, 4.69) is 25.9 Å². The van der Waals surface area contributed by atoms with Crippen molar-refractivity contribution in [2.45, 2.75) is 31.7 Å². The van der Waals surface area contributed by atoms with Crippen LogP contribution < -0.4 is 20.7 Å². The first-order chi connectivity index (χ1) is 17.8. The zero-order valence-corrected chi connectivity index (χ0v) is 20.0. The van der Waals surface area contributed by atoms with Gasteiger partial charge in [-0.2, -0.15) is 5.26 Å². The van der Waals surface area contributed by atoms with Gasteiger partial charge in [0.05, 0.1) is 16.7 Å². The number of hydrogen-bond acceptors (Lipinski definition) is 8. The Labute approximate surface area is 211 Å². The number of nitriles is 1. The highest BCUT2D eigenvalue weighted by Crippen LogP contribution is 2.47. The number of carbonyl (C=O) groups is 3. The molecule has 2 atom stereocenters. The maximum atomic E-state index is 15.1. The summed E-state index contributed by atoms with van der Waals surface area (Å²) in [6.07, 6.45) is 3.14. The lowest BCUT2D eigenvalue weighted by atomic mass is 10.00. The second kappa shape index (κ2) is 10.8. The molecule has 0 saturated heterocycles. The van der Waals surface area contributed by atoms with Gasteiger partial charge in [0.2, 0.25) is 0 Å². The smallest absolute Gasteiger partial charge is 0.345 e. The molecule has 0 unspecified atom stereocenters. The predicted molar refractivity (Wildman–Crippen MR) is 132 cm³/mol. The van der Waals surface area contributed by atoms with Crippen molar-refractivity contribution in [2.24, 2.45) is 0 Å². The molecule has 1 aliphatic carbocycles. The molecule has 4 rings (SSSR count). The summed E-state index contributed by atoms with van der Waals surface area (Å²) < 4.78 is 20.7. The zero-order valence-electron chi connectivity index (χ0n) is 20.0. The standard InChI is InChI=1S/C26H23FN6O4/c1-3-20(34)16-6-7-18(27)23(24(16)37-25(35)15-5-9-21(29-2)31-13-15)17-10-19(17)32-26(36)33-22-8-4-14(11-28)12-30-22/h4-9,12-13,17,19H,3,10H2,1-2H3,(H,29,31)(H2,30,32,33,36)/t17-,19+/m1/s1. The van der Waals surface area contributed by atoms with Crippen molar-refractivity contribution < 1.29 is 23.5 Å². The number of pyridine rings is 2. The number of Topliss-reactive ketones (excluding diaryl/α,β-unsaturated/α-hetero) is 1. The van der Waals surface area contributed by atoms with Crippen LogP contribution in [0.5, 0.6) is 5.75 Å². The van der Waals surface area contributed by atoms with E-state index in [1.165, 1.54) is 36.7 Å². The molecule has 2 heterocycles. The Bertz CT molecular complexity index is 1390. The largest absolute Gasteiger partial charge is 0.422 e. The second-order valence-electron chi connectivity index (χ2n) is 8.28. The van der Waals surface area contributed by atoms with Gasteiger partial charge in [-0.25, -0.2) is 23.9 Å². The molecule has 0 aliphatic heterocycles. The van der Waals surface area contributed by atoms with E-state index in [4.69, 9.17) is 10.00 Å². The fraction of sp³-hybridized carbons (Fsp3) is 0.231. The van der Waals surface area contributed by atoms with E-state index in [-0.39, 0.29) is 40.5 Å². The molecule has 1 fully saturated rings. The van der Waals surface area contributed by atoms with Crippen LogP contribution in [0.3, 0.4) is 0 Å². The van der Waals surface area contributed by atoms with E-state index in [9.17, 15) is 14.4 Å². The Hall–Kier alpha value is -4.85. The normalized spacial score (nSPS) is 15.7. The van der Waals surface area contributed by atoms with Crippen LogP contribution in [-0.4, -0.2) is 40.8 Å². The van der Waals surface area contributed by atoms with Crippen LogP contribution in [0, 0.1) is 17.1 Å². The molecule has 3 aromatic rings. The number of ether oxygens (including phenoxy) is 1. The van der Waals surface area contributed by atoms with Crippen LogP contribution in [-0.2, 0) is 0 Å². The third-order valence-corrected chi connectivity index (χ3v) is 5.83. The first-order valence-electron chi connectivity index (χ1n) is 11.5. The summed E-state index contributed by atoms with van der Waals surface area (Å²) in [7, 11) is 1.68. The Morgan fingerprint density at radius 2 is 1.86 bits per heavy atom. The Morgan fingerprint density at radius 3 is 2.49 bits per heavy atom. The maximum Gasteiger partial charge on any atom is 0.345 e. The molecule has 1 saturated carbocycles. The van der Waals surface area contributed by atoms with Crippen LogP contribution in [0.4, 0.5) is 20.8 Å². The third-order valence-electron chi connectivity index (χ3n) is 5.83. The van der Waals surface area contributed by atoms with Crippen molar-refractivity contribution in [3.63, 3.8) is 0 Å². The Balaban J connectivity index is 1.55. The minimum absolute atomic E-state index is 0.0502. The fourth-order valence-electron chi connectivity index (χ4n) is 3.78. The van der Waals surface area contributed by atoms with Crippen molar-refractivity contribution in [3.8, 4) is 11.8 Å². The maximum absolute atomic E-state index is 15.1. The average Bonchev–Trinajstić information content (AvgIpc) is 3.66. The lowest BCUT2D eigenvalue weighted by molar-refractivity contribution is 0.0729. The number of benzene rings is 1. The number of halogens is 1. The van der Waals surface area contributed by atoms with Crippen LogP contribution in [0.1, 0.15) is 57.5 Å². The third kappa shape index (κ3) is 5.70. The van der Waals surface area contributed by atoms with Crippen LogP contribution in [0.25, 0.3) is 0 Å². The highest BCUT2D eigenvalue weighted by atomic mass is 19.1. The van der Waals surface area contributed by atoms with Gasteiger partial charge in [-0.05, 0) is 42.8 Å². The quantitative estimate of drug-likeness (QED) is 0.238. The SMILES string of the molecule is CCC(=O)c1ccc(F)c([C@@H]2C[C@@H]2NC(=O)Nc2ccc(C#N)cn2)c1OC(=O)c1ccc(NC)nc1. The molecule has 37 heavy (non-hydrogen) atoms. The molecular formula is C26H23FN6O4. The van der Waals surface area contributed by atoms with Crippen LogP contribution in [0.2, 0.25) is 0 Å². The lowest BCUT2D eigenvalue weighted by Crippen LogP contribution is -2.31. The molecule has 0 spiro atoms. The van der Waals surface area contributed by atoms with E-state index < -0.39 is 29.8 Å². The summed E-state index contributed by atoms with van der Waals surface area (Å²) in [6, 6.07) is 9.45. The summed E-state index contributed by atoms with van der Waals surface area (Å²) >= 11 is 0. The number of aromatic nitrogens is 2. The predicted octanol–water partition coefficient (Wildman–Crippen LogP) is 4.02. The molecule has 10 nitrogen and oxygen atoms in total. The molecule has 3 N–H and O–H groups in total. The molecule has 2 aromatic heterocycles. The number of urea groups is 1. The molecule has 1 aromatic carbocycles. The summed E-state index contributed by atoms with van der Waals surface area (Å²) in [6.45, 7) is 1.65. The van der Waals surface area contributed by atoms with Crippen molar-refractivity contribution in [1.29, 1.82) is 5.26 Å². The van der Waals surface area contributed by atoms with Crippen molar-refractivity contribution >= 4 is 29.4 Å². The van der Waals surface area contributed by atoms with Gasteiger partial charge in [0, 0.05) is 43.4 Å². The number of nitrogens with one attached hydrogen (secondary N) is 3. The first kappa shape index (κ1) is 25.2. The van der Waals surface area contributed by atoms with Gasteiger partial charge < -0.3 is 15.4 Å². The summed E-state index contributed by atoms with van der Waals surface area (Å²) in [4.78, 5) is 46.0. The van der Waals surface area contributed by atoms with Crippen molar-refractivity contribution in [1.82, 2.24) is 15.3 Å². The Kier molecular flexibility index (Phi) is 7.39. The number of esters is 1. The van der Waals surface area contributed by atoms with Gasteiger partial charge in [0.1, 0.15) is 29.3 Å². The number of nitrogens with zero attached hydrogens (tertiary/aromatic N) is 3. The van der Waals surface area contributed by atoms with E-state index >= 15 is 4.39 Å². The molecule has 2 amide bonds. The molecule has 0 bridgehead atoms. The fourth-order valence-corrected chi connectivity index (χ4v) is 3.78. The molecule has 1 aliphatic rings. The average molecular weight is 503 g/mol. The number of rotatable bonds is 8.